The maximum atomic E-state index is 12.1. The normalized spacial score (nSPS) is 17.9. The molecule has 1 fully saturated rings. The number of rotatable bonds is 7. The first-order valence-corrected chi connectivity index (χ1v) is 9.28. The van der Waals surface area contributed by atoms with Gasteiger partial charge in [0, 0.05) is 29.2 Å². The fraction of sp³-hybridized carbons (Fsp3) is 0.636. The molecule has 2 rings (SSSR count). The second-order valence-electron chi connectivity index (χ2n) is 4.41. The number of sulfonamides is 1. The Morgan fingerprint density at radius 1 is 1.50 bits per heavy atom. The first kappa shape index (κ1) is 14.3. The lowest BCUT2D eigenvalue weighted by molar-refractivity contribution is 0.300. The molecule has 7 heteroatoms. The predicted molar refractivity (Wildman–Crippen MR) is 75.8 cm³/mol. The van der Waals surface area contributed by atoms with E-state index in [2.05, 4.69) is 4.72 Å². The second-order valence-corrected chi connectivity index (χ2v) is 8.84. The van der Waals surface area contributed by atoms with E-state index in [-0.39, 0.29) is 11.4 Å². The molecule has 0 saturated heterocycles. The molecule has 4 nitrogen and oxygen atoms in total. The summed E-state index contributed by atoms with van der Waals surface area (Å²) in [5.41, 5.74) is 0. The number of aliphatic hydroxyl groups is 1. The third-order valence-corrected chi connectivity index (χ3v) is 7.54. The monoisotopic (exact) mass is 307 g/mol. The van der Waals surface area contributed by atoms with Gasteiger partial charge in [-0.15, -0.1) is 11.3 Å². The molecule has 0 aromatic carbocycles. The van der Waals surface area contributed by atoms with Crippen molar-refractivity contribution < 1.29 is 13.5 Å². The van der Waals surface area contributed by atoms with Crippen LogP contribution in [0.2, 0.25) is 0 Å². The molecule has 1 aromatic rings. The van der Waals surface area contributed by atoms with Gasteiger partial charge in [-0.3, -0.25) is 0 Å². The van der Waals surface area contributed by atoms with Gasteiger partial charge in [0.05, 0.1) is 0 Å². The van der Waals surface area contributed by atoms with E-state index < -0.39 is 10.0 Å². The highest BCUT2D eigenvalue weighted by molar-refractivity contribution is 8.00. The quantitative estimate of drug-likeness (QED) is 0.800. The highest BCUT2D eigenvalue weighted by Gasteiger charge is 2.42. The fourth-order valence-electron chi connectivity index (χ4n) is 1.64. The van der Waals surface area contributed by atoms with Crippen LogP contribution in [-0.4, -0.2) is 37.7 Å². The fourth-order valence-corrected chi connectivity index (χ4v) is 4.97. The van der Waals surface area contributed by atoms with E-state index in [4.69, 9.17) is 5.11 Å². The zero-order valence-corrected chi connectivity index (χ0v) is 12.6. The molecule has 1 saturated carbocycles. The number of nitrogens with one attached hydrogen (secondary N) is 1. The van der Waals surface area contributed by atoms with Gasteiger partial charge in [0.25, 0.3) is 0 Å². The Morgan fingerprint density at radius 3 is 2.78 bits per heavy atom. The van der Waals surface area contributed by atoms with E-state index in [1.165, 1.54) is 11.3 Å². The van der Waals surface area contributed by atoms with Crippen LogP contribution in [0.15, 0.2) is 16.3 Å². The minimum absolute atomic E-state index is 0.0447. The van der Waals surface area contributed by atoms with Crippen LogP contribution in [-0.2, 0) is 16.4 Å². The lowest BCUT2D eigenvalue weighted by atomic mass is 10.4. The maximum absolute atomic E-state index is 12.1. The van der Waals surface area contributed by atoms with E-state index in [0.717, 1.165) is 17.7 Å². The summed E-state index contributed by atoms with van der Waals surface area (Å²) in [6.07, 6.45) is 4.69. The summed E-state index contributed by atoms with van der Waals surface area (Å²) in [5.74, 6) is 0. The van der Waals surface area contributed by atoms with Gasteiger partial charge in [-0.25, -0.2) is 13.1 Å². The van der Waals surface area contributed by atoms with Gasteiger partial charge in [-0.2, -0.15) is 11.8 Å². The van der Waals surface area contributed by atoms with Crippen molar-refractivity contribution in [2.45, 2.75) is 28.2 Å². The Kier molecular flexibility index (Phi) is 4.38. The van der Waals surface area contributed by atoms with E-state index >= 15 is 0 Å². The van der Waals surface area contributed by atoms with Gasteiger partial charge in [0.15, 0.2) is 0 Å². The number of thioether (sulfide) groups is 1. The van der Waals surface area contributed by atoms with Crippen molar-refractivity contribution in [1.82, 2.24) is 4.72 Å². The summed E-state index contributed by atoms with van der Waals surface area (Å²) < 4.78 is 27.3. The Labute approximate surface area is 116 Å². The van der Waals surface area contributed by atoms with Gasteiger partial charge in [-0.1, -0.05) is 0 Å². The van der Waals surface area contributed by atoms with E-state index in [1.54, 1.807) is 23.9 Å². The van der Waals surface area contributed by atoms with Crippen LogP contribution in [0.25, 0.3) is 0 Å². The molecule has 1 aliphatic carbocycles. The van der Waals surface area contributed by atoms with Crippen molar-refractivity contribution in [2.24, 2.45) is 0 Å². The second kappa shape index (κ2) is 5.50. The van der Waals surface area contributed by atoms with Crippen LogP contribution in [0.5, 0.6) is 0 Å². The summed E-state index contributed by atoms with van der Waals surface area (Å²) in [6, 6.07) is 3.37. The number of hydrogen-bond acceptors (Lipinski definition) is 5. The van der Waals surface area contributed by atoms with Crippen molar-refractivity contribution in [3.05, 3.63) is 17.0 Å². The van der Waals surface area contributed by atoms with Crippen molar-refractivity contribution in [3.8, 4) is 0 Å². The minimum Gasteiger partial charge on any atom is -0.396 e. The maximum Gasteiger partial charge on any atom is 0.250 e. The molecule has 0 spiro atoms. The summed E-state index contributed by atoms with van der Waals surface area (Å²) in [4.78, 5) is 0.892. The van der Waals surface area contributed by atoms with Crippen molar-refractivity contribution in [1.29, 1.82) is 0 Å². The molecule has 1 heterocycles. The number of thiophene rings is 1. The van der Waals surface area contributed by atoms with Crippen LogP contribution < -0.4 is 4.72 Å². The Hall–Kier alpha value is -0.0800. The summed E-state index contributed by atoms with van der Waals surface area (Å²) in [7, 11) is -3.39. The Bertz CT molecular complexity index is 505. The molecule has 0 radical (unpaired) electrons. The lowest BCUT2D eigenvalue weighted by Gasteiger charge is -2.12. The molecule has 102 valence electrons. The van der Waals surface area contributed by atoms with Crippen LogP contribution in [0, 0.1) is 0 Å². The number of hydrogen-bond donors (Lipinski definition) is 2. The van der Waals surface area contributed by atoms with Crippen molar-refractivity contribution >= 4 is 33.1 Å². The minimum atomic E-state index is -3.39. The van der Waals surface area contributed by atoms with E-state index in [1.807, 2.05) is 6.26 Å². The van der Waals surface area contributed by atoms with Gasteiger partial charge >= 0.3 is 0 Å². The van der Waals surface area contributed by atoms with Crippen molar-refractivity contribution in [2.75, 3.05) is 19.4 Å². The van der Waals surface area contributed by atoms with Crippen LogP contribution in [0.1, 0.15) is 17.7 Å². The predicted octanol–water partition coefficient (Wildman–Crippen LogP) is 1.46. The molecule has 0 unspecified atom stereocenters. The smallest absolute Gasteiger partial charge is 0.250 e. The average Bonchev–Trinajstić information content (AvgIpc) is 2.98. The van der Waals surface area contributed by atoms with E-state index in [0.29, 0.717) is 17.2 Å². The standard InChI is InChI=1S/C11H17NO3S3/c1-16-11(5-6-11)8-12-18(14,15)10-3-2-9(17-10)4-7-13/h2-3,12-13H,4-8H2,1H3. The first-order valence-electron chi connectivity index (χ1n) is 5.76. The van der Waals surface area contributed by atoms with Crippen LogP contribution >= 0.6 is 23.1 Å². The topological polar surface area (TPSA) is 66.4 Å². The largest absolute Gasteiger partial charge is 0.396 e. The van der Waals surface area contributed by atoms with Gasteiger partial charge in [0.1, 0.15) is 4.21 Å². The highest BCUT2D eigenvalue weighted by atomic mass is 32.2. The highest BCUT2D eigenvalue weighted by Crippen LogP contribution is 2.46. The molecule has 0 atom stereocenters. The Morgan fingerprint density at radius 2 is 2.22 bits per heavy atom. The van der Waals surface area contributed by atoms with Gasteiger partial charge in [-0.05, 0) is 31.2 Å². The van der Waals surface area contributed by atoms with Crippen LogP contribution in [0.4, 0.5) is 0 Å². The molecule has 1 aliphatic rings. The molecule has 0 aliphatic heterocycles. The summed E-state index contributed by atoms with van der Waals surface area (Å²) >= 11 is 2.96. The van der Waals surface area contributed by atoms with Gasteiger partial charge in [0.2, 0.25) is 10.0 Å². The molecule has 1 aromatic heterocycles. The van der Waals surface area contributed by atoms with Crippen LogP contribution in [0.3, 0.4) is 0 Å². The van der Waals surface area contributed by atoms with E-state index in [9.17, 15) is 8.42 Å². The zero-order chi connectivity index (χ0) is 13.2. The molecule has 2 N–H and O–H groups in total. The molecule has 18 heavy (non-hydrogen) atoms. The summed E-state index contributed by atoms with van der Waals surface area (Å²) in [6.45, 7) is 0.548. The lowest BCUT2D eigenvalue weighted by Crippen LogP contribution is -2.31. The van der Waals surface area contributed by atoms with Gasteiger partial charge < -0.3 is 5.11 Å². The molecular formula is C11H17NO3S3. The van der Waals surface area contributed by atoms with Crippen molar-refractivity contribution in [3.63, 3.8) is 0 Å². The number of aliphatic hydroxyl groups excluding tert-OH is 1. The zero-order valence-electron chi connectivity index (χ0n) is 10.2. The molecule has 0 amide bonds. The average molecular weight is 307 g/mol. The third kappa shape index (κ3) is 3.27. The molecule has 0 bridgehead atoms. The summed E-state index contributed by atoms with van der Waals surface area (Å²) in [5, 5.41) is 8.82. The Balaban J connectivity index is 2.01. The molecular weight excluding hydrogens is 290 g/mol. The first-order chi connectivity index (χ1) is 8.51. The third-order valence-electron chi connectivity index (χ3n) is 3.09. The SMILES string of the molecule is CSC1(CNS(=O)(=O)c2ccc(CCO)s2)CC1.